The van der Waals surface area contributed by atoms with Crippen LogP contribution in [0.3, 0.4) is 0 Å². The fraction of sp³-hybridized carbons (Fsp3) is 0.364. The molecule has 0 bridgehead atoms. The lowest BCUT2D eigenvalue weighted by Gasteiger charge is -2.11. The molecule has 2 amide bonds. The Morgan fingerprint density at radius 1 is 1.31 bits per heavy atom. The summed E-state index contributed by atoms with van der Waals surface area (Å²) in [6.07, 6.45) is -0.868. The van der Waals surface area contributed by atoms with E-state index in [1.54, 1.807) is 0 Å². The third kappa shape index (κ3) is 5.00. The van der Waals surface area contributed by atoms with Crippen LogP contribution in [-0.2, 0) is 11.5 Å². The highest BCUT2D eigenvalue weighted by molar-refractivity contribution is 6.18. The van der Waals surface area contributed by atoms with E-state index in [-0.39, 0.29) is 6.42 Å². The summed E-state index contributed by atoms with van der Waals surface area (Å²) in [5.41, 5.74) is 0.903. The predicted molar refractivity (Wildman–Crippen MR) is 61.9 cm³/mol. The van der Waals surface area contributed by atoms with Crippen LogP contribution < -0.4 is 10.6 Å². The first-order valence-corrected chi connectivity index (χ1v) is 5.56. The van der Waals surface area contributed by atoms with Gasteiger partial charge in [0.25, 0.3) is 0 Å². The quantitative estimate of drug-likeness (QED) is 0.596. The summed E-state index contributed by atoms with van der Waals surface area (Å²) in [6.45, 7) is 0.353. The Balaban J connectivity index is 2.30. The number of hydrogen-bond acceptors (Lipinski definition) is 1. The van der Waals surface area contributed by atoms with Gasteiger partial charge in [0, 0.05) is 18.8 Å². The van der Waals surface area contributed by atoms with Gasteiger partial charge in [-0.2, -0.15) is 0 Å². The van der Waals surface area contributed by atoms with Crippen molar-refractivity contribution in [1.82, 2.24) is 10.6 Å². The zero-order valence-corrected chi connectivity index (χ0v) is 9.54. The molecule has 16 heavy (non-hydrogen) atoms. The van der Waals surface area contributed by atoms with Gasteiger partial charge in [-0.25, -0.2) is 9.90 Å². The third-order valence-electron chi connectivity index (χ3n) is 1.94. The molecule has 0 aliphatic heterocycles. The van der Waals surface area contributed by atoms with Gasteiger partial charge in [-0.3, -0.25) is 0 Å². The van der Waals surface area contributed by atoms with Crippen molar-refractivity contribution < 1.29 is 9.90 Å². The Morgan fingerprint density at radius 2 is 2.00 bits per heavy atom. The second kappa shape index (κ2) is 7.09. The second-order valence-corrected chi connectivity index (χ2v) is 3.65. The first-order chi connectivity index (χ1) is 7.72. The van der Waals surface area contributed by atoms with Gasteiger partial charge in [0.1, 0.15) is 0 Å². The number of hydrogen-bond donors (Lipinski definition) is 2. The smallest absolute Gasteiger partial charge is 0.316 e. The molecule has 1 rings (SSSR count). The minimum Gasteiger partial charge on any atom is -0.337 e. The van der Waals surface area contributed by atoms with Crippen LogP contribution in [0.2, 0.25) is 0 Å². The molecule has 1 atom stereocenters. The van der Waals surface area contributed by atoms with Crippen LogP contribution in [0.25, 0.3) is 0 Å². The second-order valence-electron chi connectivity index (χ2n) is 3.27. The maximum atomic E-state index is 11.5. The average Bonchev–Trinajstić information content (AvgIpc) is 2.27. The lowest BCUT2D eigenvalue weighted by molar-refractivity contribution is 0.0678. The number of nitrogens with one attached hydrogen (secondary N) is 2. The standard InChI is InChI=1S/C11H14ClN2O2/c12-6-7-13-11(16)14-10(15)8-9-4-2-1-3-5-9/h1-5,10H,6-8H2,(H2,13,14,16). The Bertz CT molecular complexity index is 319. The predicted octanol–water partition coefficient (Wildman–Crippen LogP) is 1.52. The molecule has 0 fully saturated rings. The van der Waals surface area contributed by atoms with Crippen LogP contribution in [0.15, 0.2) is 30.3 Å². The number of amides is 2. The number of halogens is 1. The number of alkyl halides is 1. The van der Waals surface area contributed by atoms with Crippen LogP contribution in [0.1, 0.15) is 5.56 Å². The van der Waals surface area contributed by atoms with E-state index < -0.39 is 12.3 Å². The van der Waals surface area contributed by atoms with Gasteiger partial charge < -0.3 is 10.6 Å². The Labute approximate surface area is 99.6 Å². The fourth-order valence-corrected chi connectivity index (χ4v) is 1.33. The Kier molecular flexibility index (Phi) is 5.67. The maximum absolute atomic E-state index is 11.5. The van der Waals surface area contributed by atoms with Crippen molar-refractivity contribution >= 4 is 17.6 Å². The number of benzene rings is 1. The lowest BCUT2D eigenvalue weighted by Crippen LogP contribution is -2.43. The normalized spacial score (nSPS) is 11.9. The van der Waals surface area contributed by atoms with Gasteiger partial charge in [-0.1, -0.05) is 30.3 Å². The van der Waals surface area contributed by atoms with Gasteiger partial charge >= 0.3 is 6.03 Å². The summed E-state index contributed by atoms with van der Waals surface area (Å²) in [5, 5.41) is 16.2. The molecule has 4 nitrogen and oxygen atoms in total. The van der Waals surface area contributed by atoms with E-state index in [4.69, 9.17) is 11.6 Å². The minimum atomic E-state index is -1.14. The third-order valence-corrected chi connectivity index (χ3v) is 2.13. The maximum Gasteiger partial charge on any atom is 0.316 e. The molecule has 1 aromatic rings. The van der Waals surface area contributed by atoms with Crippen molar-refractivity contribution in [2.24, 2.45) is 0 Å². The van der Waals surface area contributed by atoms with Crippen LogP contribution in [-0.4, -0.2) is 24.7 Å². The summed E-state index contributed by atoms with van der Waals surface area (Å²) >= 11 is 5.39. The van der Waals surface area contributed by atoms with Gasteiger partial charge in [-0.05, 0) is 5.56 Å². The van der Waals surface area contributed by atoms with E-state index in [1.807, 2.05) is 30.3 Å². The van der Waals surface area contributed by atoms with Crippen LogP contribution >= 0.6 is 11.6 Å². The topological polar surface area (TPSA) is 61.0 Å². The molecule has 1 radical (unpaired) electrons. The molecule has 2 N–H and O–H groups in total. The van der Waals surface area contributed by atoms with Gasteiger partial charge in [0.2, 0.25) is 0 Å². The molecule has 0 spiro atoms. The highest BCUT2D eigenvalue weighted by Gasteiger charge is 2.10. The molecule has 0 heterocycles. The fourth-order valence-electron chi connectivity index (χ4n) is 1.24. The first-order valence-electron chi connectivity index (χ1n) is 5.02. The number of carbonyl (C=O) groups is 1. The summed E-state index contributed by atoms with van der Waals surface area (Å²) in [5.74, 6) is 0.329. The van der Waals surface area contributed by atoms with Crippen molar-refractivity contribution in [1.29, 1.82) is 0 Å². The molecule has 1 unspecified atom stereocenters. The molecule has 0 aromatic heterocycles. The zero-order chi connectivity index (χ0) is 11.8. The lowest BCUT2D eigenvalue weighted by atomic mass is 10.1. The van der Waals surface area contributed by atoms with E-state index >= 15 is 0 Å². The summed E-state index contributed by atoms with van der Waals surface area (Å²) < 4.78 is 0. The zero-order valence-electron chi connectivity index (χ0n) is 8.78. The number of rotatable bonds is 5. The minimum absolute atomic E-state index is 0.273. The van der Waals surface area contributed by atoms with Gasteiger partial charge in [0.15, 0.2) is 6.23 Å². The van der Waals surface area contributed by atoms with E-state index in [0.29, 0.717) is 12.4 Å². The SMILES string of the molecule is [O]C(Cc1ccccc1)NC(=O)NCCCl. The van der Waals surface area contributed by atoms with Crippen LogP contribution in [0, 0.1) is 0 Å². The van der Waals surface area contributed by atoms with E-state index in [1.165, 1.54) is 0 Å². The van der Waals surface area contributed by atoms with Crippen molar-refractivity contribution in [2.75, 3.05) is 12.4 Å². The van der Waals surface area contributed by atoms with Crippen molar-refractivity contribution in [3.05, 3.63) is 35.9 Å². The molecule has 0 saturated heterocycles. The monoisotopic (exact) mass is 241 g/mol. The Morgan fingerprint density at radius 3 is 2.62 bits per heavy atom. The van der Waals surface area contributed by atoms with Crippen molar-refractivity contribution in [2.45, 2.75) is 12.6 Å². The van der Waals surface area contributed by atoms with Gasteiger partial charge in [-0.15, -0.1) is 11.6 Å². The molecule has 0 aliphatic carbocycles. The molecular formula is C11H14ClN2O2. The Hall–Kier alpha value is -1.26. The summed E-state index contributed by atoms with van der Waals surface area (Å²) in [6, 6.07) is 8.82. The van der Waals surface area contributed by atoms with Crippen LogP contribution in [0.5, 0.6) is 0 Å². The summed E-state index contributed by atoms with van der Waals surface area (Å²) in [4.78, 5) is 11.1. The van der Waals surface area contributed by atoms with E-state index in [9.17, 15) is 9.90 Å². The molecule has 0 aliphatic rings. The number of carbonyl (C=O) groups excluding carboxylic acids is 1. The molecule has 87 valence electrons. The summed E-state index contributed by atoms with van der Waals surface area (Å²) in [7, 11) is 0. The van der Waals surface area contributed by atoms with Crippen LogP contribution in [0.4, 0.5) is 4.79 Å². The molecular weight excluding hydrogens is 228 g/mol. The largest absolute Gasteiger partial charge is 0.337 e. The molecule has 1 aromatic carbocycles. The van der Waals surface area contributed by atoms with Gasteiger partial charge in [0.05, 0.1) is 0 Å². The molecule has 5 heteroatoms. The highest BCUT2D eigenvalue weighted by atomic mass is 35.5. The van der Waals surface area contributed by atoms with Crippen molar-refractivity contribution in [3.8, 4) is 0 Å². The first kappa shape index (κ1) is 12.8. The van der Waals surface area contributed by atoms with Crippen molar-refractivity contribution in [3.63, 3.8) is 0 Å². The number of urea groups is 1. The highest BCUT2D eigenvalue weighted by Crippen LogP contribution is 2.01. The molecule has 0 saturated carbocycles. The van der Waals surface area contributed by atoms with E-state index in [0.717, 1.165) is 5.56 Å². The average molecular weight is 242 g/mol. The van der Waals surface area contributed by atoms with E-state index in [2.05, 4.69) is 10.6 Å².